The Kier molecular flexibility index (Phi) is 3.43. The smallest absolute Gasteiger partial charge is 0.306 e. The van der Waals surface area contributed by atoms with Crippen molar-refractivity contribution in [1.29, 1.82) is 0 Å². The molecule has 2 N–H and O–H groups in total. The molecule has 4 nitrogen and oxygen atoms in total. The monoisotopic (exact) mass is 240 g/mol. The Balaban J connectivity index is 1.94. The van der Waals surface area contributed by atoms with Crippen LogP contribution in [0.5, 0.6) is 0 Å². The lowest BCUT2D eigenvalue weighted by molar-refractivity contribution is -0.144. The maximum atomic E-state index is 11.4. The predicted octanol–water partition coefficient (Wildman–Crippen LogP) is 1.78. The highest BCUT2D eigenvalue weighted by molar-refractivity contribution is 7.15. The molecule has 0 radical (unpaired) electrons. The number of carbonyl (C=O) groups is 1. The second-order valence-corrected chi connectivity index (χ2v) is 5.16. The first-order valence-corrected chi connectivity index (χ1v) is 6.40. The van der Waals surface area contributed by atoms with Gasteiger partial charge in [0.1, 0.15) is 0 Å². The van der Waals surface area contributed by atoms with E-state index in [2.05, 4.69) is 4.98 Å². The number of ether oxygens (including phenoxy) is 1. The molecular formula is C11H16N2O2S. The van der Waals surface area contributed by atoms with E-state index in [-0.39, 0.29) is 5.97 Å². The van der Waals surface area contributed by atoms with E-state index in [1.54, 1.807) is 11.3 Å². The zero-order valence-corrected chi connectivity index (χ0v) is 10.2. The van der Waals surface area contributed by atoms with Crippen LogP contribution < -0.4 is 5.73 Å². The number of nitrogens with two attached hydrogens (primary N) is 1. The Morgan fingerprint density at radius 3 is 3.25 bits per heavy atom. The van der Waals surface area contributed by atoms with Crippen LogP contribution in [0.4, 0.5) is 5.13 Å². The summed E-state index contributed by atoms with van der Waals surface area (Å²) in [6.07, 6.45) is 3.39. The third-order valence-corrected chi connectivity index (χ3v) is 3.77. The largest absolute Gasteiger partial charge is 0.466 e. The summed E-state index contributed by atoms with van der Waals surface area (Å²) in [4.78, 5) is 16.9. The van der Waals surface area contributed by atoms with Crippen LogP contribution in [0.3, 0.4) is 0 Å². The van der Waals surface area contributed by atoms with Gasteiger partial charge in [0.15, 0.2) is 5.13 Å². The van der Waals surface area contributed by atoms with E-state index < -0.39 is 0 Å². The zero-order chi connectivity index (χ0) is 11.5. The maximum Gasteiger partial charge on any atom is 0.306 e. The quantitative estimate of drug-likeness (QED) is 0.818. The number of carbonyl (C=O) groups excluding carboxylic acids is 1. The molecule has 1 unspecified atom stereocenters. The van der Waals surface area contributed by atoms with E-state index >= 15 is 0 Å². The van der Waals surface area contributed by atoms with Gasteiger partial charge in [-0.2, -0.15) is 0 Å². The lowest BCUT2D eigenvalue weighted by Gasteiger charge is -2.19. The third kappa shape index (κ3) is 2.52. The molecule has 88 valence electrons. The van der Waals surface area contributed by atoms with Gasteiger partial charge in [0.05, 0.1) is 12.3 Å². The van der Waals surface area contributed by atoms with Crippen LogP contribution in [-0.2, 0) is 22.4 Å². The van der Waals surface area contributed by atoms with Crippen molar-refractivity contribution in [3.05, 3.63) is 10.6 Å². The molecule has 0 bridgehead atoms. The third-order valence-electron chi connectivity index (χ3n) is 2.82. The number of aryl methyl sites for hydroxylation is 1. The van der Waals surface area contributed by atoms with Gasteiger partial charge in [-0.15, -0.1) is 11.3 Å². The highest BCUT2D eigenvalue weighted by atomic mass is 32.1. The van der Waals surface area contributed by atoms with Crippen molar-refractivity contribution in [3.63, 3.8) is 0 Å². The average Bonchev–Trinajstić information content (AvgIpc) is 2.57. The number of thiazole rings is 1. The number of nitrogen functional groups attached to an aromatic ring is 1. The topological polar surface area (TPSA) is 65.2 Å². The van der Waals surface area contributed by atoms with Crippen LogP contribution in [-0.4, -0.2) is 17.6 Å². The van der Waals surface area contributed by atoms with Crippen LogP contribution in [0.1, 0.15) is 30.3 Å². The molecule has 1 aliphatic carbocycles. The number of rotatable bonds is 3. The highest BCUT2D eigenvalue weighted by Gasteiger charge is 2.24. The van der Waals surface area contributed by atoms with Crippen LogP contribution in [0.2, 0.25) is 0 Å². The number of nitrogens with zero attached hydrogens (tertiary/aromatic N) is 1. The Hall–Kier alpha value is -1.10. The van der Waals surface area contributed by atoms with E-state index in [1.165, 1.54) is 4.88 Å². The average molecular weight is 240 g/mol. The molecule has 2 rings (SSSR count). The first-order chi connectivity index (χ1) is 7.69. The summed E-state index contributed by atoms with van der Waals surface area (Å²) in [6, 6.07) is 0. The first kappa shape index (κ1) is 11.4. The fourth-order valence-corrected chi connectivity index (χ4v) is 3.09. The molecule has 0 saturated heterocycles. The SMILES string of the molecule is CCOC(=O)CC1CCc2nc(N)sc2C1. The van der Waals surface area contributed by atoms with Crippen molar-refractivity contribution in [2.45, 2.75) is 32.6 Å². The normalized spacial score (nSPS) is 19.2. The summed E-state index contributed by atoms with van der Waals surface area (Å²) >= 11 is 1.55. The molecule has 0 fully saturated rings. The minimum absolute atomic E-state index is 0.0894. The summed E-state index contributed by atoms with van der Waals surface area (Å²) in [5.41, 5.74) is 6.80. The molecule has 0 aliphatic heterocycles. The first-order valence-electron chi connectivity index (χ1n) is 5.58. The number of anilines is 1. The summed E-state index contributed by atoms with van der Waals surface area (Å²) in [5, 5.41) is 0.641. The minimum atomic E-state index is -0.0894. The molecule has 1 atom stereocenters. The van der Waals surface area contributed by atoms with E-state index in [0.29, 0.717) is 24.1 Å². The molecule has 0 amide bonds. The van der Waals surface area contributed by atoms with Crippen LogP contribution >= 0.6 is 11.3 Å². The van der Waals surface area contributed by atoms with Gasteiger partial charge >= 0.3 is 5.97 Å². The molecule has 0 spiro atoms. The van der Waals surface area contributed by atoms with E-state index in [4.69, 9.17) is 10.5 Å². The molecule has 5 heteroatoms. The summed E-state index contributed by atoms with van der Waals surface area (Å²) in [6.45, 7) is 2.30. The number of aromatic nitrogens is 1. The van der Waals surface area contributed by atoms with Crippen LogP contribution in [0, 0.1) is 5.92 Å². The van der Waals surface area contributed by atoms with Gasteiger partial charge in [-0.3, -0.25) is 4.79 Å². The Morgan fingerprint density at radius 2 is 2.50 bits per heavy atom. The van der Waals surface area contributed by atoms with Crippen molar-refractivity contribution in [3.8, 4) is 0 Å². The van der Waals surface area contributed by atoms with E-state index in [9.17, 15) is 4.79 Å². The maximum absolute atomic E-state index is 11.4. The molecule has 1 aromatic rings. The van der Waals surface area contributed by atoms with Crippen LogP contribution in [0.15, 0.2) is 0 Å². The van der Waals surface area contributed by atoms with Gasteiger partial charge in [0.25, 0.3) is 0 Å². The molecule has 0 saturated carbocycles. The standard InChI is InChI=1S/C11H16N2O2S/c1-2-15-10(14)6-7-3-4-8-9(5-7)16-11(12)13-8/h7H,2-6H2,1H3,(H2,12,13). The highest BCUT2D eigenvalue weighted by Crippen LogP contribution is 2.32. The van der Waals surface area contributed by atoms with Gasteiger partial charge in [-0.1, -0.05) is 0 Å². The molecule has 16 heavy (non-hydrogen) atoms. The zero-order valence-electron chi connectivity index (χ0n) is 9.36. The molecule has 1 aliphatic rings. The summed E-state index contributed by atoms with van der Waals surface area (Å²) < 4.78 is 4.96. The van der Waals surface area contributed by atoms with Gasteiger partial charge in [0, 0.05) is 11.3 Å². The minimum Gasteiger partial charge on any atom is -0.466 e. The molecule has 0 aromatic carbocycles. The molecule has 1 aromatic heterocycles. The van der Waals surface area contributed by atoms with Gasteiger partial charge in [0.2, 0.25) is 0 Å². The van der Waals surface area contributed by atoms with Crippen molar-refractivity contribution in [2.24, 2.45) is 5.92 Å². The summed E-state index contributed by atoms with van der Waals surface area (Å²) in [7, 11) is 0. The summed E-state index contributed by atoms with van der Waals surface area (Å²) in [5.74, 6) is 0.305. The number of fused-ring (bicyclic) bond motifs is 1. The Bertz CT molecular complexity index is 389. The predicted molar refractivity (Wildman–Crippen MR) is 63.3 cm³/mol. The Labute approximate surface area is 98.8 Å². The second-order valence-electron chi connectivity index (χ2n) is 4.04. The van der Waals surface area contributed by atoms with E-state index in [0.717, 1.165) is 25.0 Å². The fourth-order valence-electron chi connectivity index (χ4n) is 2.09. The number of hydrogen-bond acceptors (Lipinski definition) is 5. The van der Waals surface area contributed by atoms with Gasteiger partial charge < -0.3 is 10.5 Å². The molecular weight excluding hydrogens is 224 g/mol. The lowest BCUT2D eigenvalue weighted by Crippen LogP contribution is -2.18. The van der Waals surface area contributed by atoms with Crippen molar-refractivity contribution in [1.82, 2.24) is 4.98 Å². The number of esters is 1. The van der Waals surface area contributed by atoms with Crippen LogP contribution in [0.25, 0.3) is 0 Å². The van der Waals surface area contributed by atoms with Gasteiger partial charge in [-0.05, 0) is 32.1 Å². The molecule has 1 heterocycles. The van der Waals surface area contributed by atoms with Crippen molar-refractivity contribution in [2.75, 3.05) is 12.3 Å². The lowest BCUT2D eigenvalue weighted by atomic mass is 9.89. The fraction of sp³-hybridized carbons (Fsp3) is 0.636. The Morgan fingerprint density at radius 1 is 1.69 bits per heavy atom. The number of hydrogen-bond donors (Lipinski definition) is 1. The van der Waals surface area contributed by atoms with Gasteiger partial charge in [-0.25, -0.2) is 4.98 Å². The van der Waals surface area contributed by atoms with Crippen molar-refractivity contribution >= 4 is 22.4 Å². The van der Waals surface area contributed by atoms with Crippen molar-refractivity contribution < 1.29 is 9.53 Å². The second kappa shape index (κ2) is 4.82. The van der Waals surface area contributed by atoms with E-state index in [1.807, 2.05) is 6.92 Å².